The van der Waals surface area contributed by atoms with Crippen LogP contribution in [0.15, 0.2) is 6.33 Å². The molecule has 0 aliphatic carbocycles. The highest BCUT2D eigenvalue weighted by molar-refractivity contribution is 5.84. The molecule has 0 radical (unpaired) electrons. The number of amides is 1. The Morgan fingerprint density at radius 1 is 1.45 bits per heavy atom. The number of likely N-dealkylation sites (N-methyl/N-ethyl adjacent to an activating group) is 1. The number of nitro groups is 1. The van der Waals surface area contributed by atoms with E-state index >= 15 is 0 Å². The van der Waals surface area contributed by atoms with Gasteiger partial charge in [-0.25, -0.2) is 9.97 Å². The van der Waals surface area contributed by atoms with Gasteiger partial charge in [0.25, 0.3) is 0 Å². The first kappa shape index (κ1) is 14.0. The first-order valence-electron chi connectivity index (χ1n) is 6.26. The molecule has 0 unspecified atom stereocenters. The number of nitrogens with zero attached hydrogens (tertiary/aromatic N) is 5. The van der Waals surface area contributed by atoms with Crippen molar-refractivity contribution in [2.75, 3.05) is 43.4 Å². The van der Waals surface area contributed by atoms with Gasteiger partial charge in [-0.15, -0.1) is 0 Å². The lowest BCUT2D eigenvalue weighted by atomic mass is 10.3. The van der Waals surface area contributed by atoms with E-state index in [9.17, 15) is 14.9 Å². The molecule has 2 rings (SSSR count). The Hall–Kier alpha value is -2.45. The smallest absolute Gasteiger partial charge is 0.353 e. The van der Waals surface area contributed by atoms with Crippen molar-refractivity contribution < 1.29 is 9.72 Å². The molecule has 1 aliphatic rings. The second-order valence-corrected chi connectivity index (χ2v) is 4.42. The number of anilines is 2. The average molecular weight is 280 g/mol. The normalized spacial score (nSPS) is 15.4. The van der Waals surface area contributed by atoms with Gasteiger partial charge in [-0.2, -0.15) is 0 Å². The van der Waals surface area contributed by atoms with E-state index in [1.807, 2.05) is 6.92 Å². The highest BCUT2D eigenvalue weighted by Crippen LogP contribution is 2.32. The summed E-state index contributed by atoms with van der Waals surface area (Å²) < 4.78 is 0. The molecule has 0 bridgehead atoms. The molecule has 1 aromatic heterocycles. The summed E-state index contributed by atoms with van der Waals surface area (Å²) in [5, 5.41) is 14.1. The molecule has 0 aromatic carbocycles. The van der Waals surface area contributed by atoms with Crippen LogP contribution in [0.1, 0.15) is 6.92 Å². The fraction of sp³-hybridized carbons (Fsp3) is 0.545. The summed E-state index contributed by atoms with van der Waals surface area (Å²) in [5.74, 6) is 0.269. The van der Waals surface area contributed by atoms with Crippen LogP contribution in [-0.2, 0) is 4.79 Å². The Morgan fingerprint density at radius 3 is 2.80 bits per heavy atom. The molecule has 1 amide bonds. The maximum Gasteiger partial charge on any atom is 0.353 e. The predicted octanol–water partition coefficient (Wildman–Crippen LogP) is 0.0950. The van der Waals surface area contributed by atoms with Crippen molar-refractivity contribution in [3.05, 3.63) is 16.4 Å². The molecule has 2 heterocycles. The lowest BCUT2D eigenvalue weighted by molar-refractivity contribution is -0.383. The second kappa shape index (κ2) is 5.68. The lowest BCUT2D eigenvalue weighted by Gasteiger charge is -2.32. The van der Waals surface area contributed by atoms with Gasteiger partial charge in [0.05, 0.1) is 11.5 Å². The average Bonchev–Trinajstić information content (AvgIpc) is 2.42. The Kier molecular flexibility index (Phi) is 3.97. The summed E-state index contributed by atoms with van der Waals surface area (Å²) >= 11 is 0. The van der Waals surface area contributed by atoms with E-state index < -0.39 is 4.92 Å². The van der Waals surface area contributed by atoms with Crippen LogP contribution >= 0.6 is 0 Å². The molecule has 0 saturated carbocycles. The highest BCUT2D eigenvalue weighted by atomic mass is 16.6. The molecule has 1 aliphatic heterocycles. The minimum Gasteiger partial charge on any atom is -0.364 e. The number of hydrogen-bond donors (Lipinski definition) is 1. The van der Waals surface area contributed by atoms with Gasteiger partial charge in [0, 0.05) is 26.7 Å². The third-order valence-electron chi connectivity index (χ3n) is 3.09. The minimum absolute atomic E-state index is 0.0833. The van der Waals surface area contributed by atoms with Gasteiger partial charge in [-0.05, 0) is 6.92 Å². The van der Waals surface area contributed by atoms with Crippen molar-refractivity contribution in [1.29, 1.82) is 0 Å². The maximum atomic E-state index is 11.7. The van der Waals surface area contributed by atoms with Crippen LogP contribution in [0.4, 0.5) is 17.3 Å². The monoisotopic (exact) mass is 280 g/mol. The molecule has 1 N–H and O–H groups in total. The van der Waals surface area contributed by atoms with Crippen molar-refractivity contribution in [1.82, 2.24) is 14.9 Å². The summed E-state index contributed by atoms with van der Waals surface area (Å²) in [6, 6.07) is 0. The van der Waals surface area contributed by atoms with Crippen molar-refractivity contribution in [3.8, 4) is 0 Å². The minimum atomic E-state index is -0.518. The zero-order chi connectivity index (χ0) is 14.7. The van der Waals surface area contributed by atoms with E-state index in [2.05, 4.69) is 15.3 Å². The molecule has 1 saturated heterocycles. The van der Waals surface area contributed by atoms with Crippen LogP contribution in [0.2, 0.25) is 0 Å². The number of hydrogen-bond acceptors (Lipinski definition) is 7. The maximum absolute atomic E-state index is 11.7. The summed E-state index contributed by atoms with van der Waals surface area (Å²) in [7, 11) is 1.71. The third kappa shape index (κ3) is 2.60. The summed E-state index contributed by atoms with van der Waals surface area (Å²) in [5.41, 5.74) is -0.188. The van der Waals surface area contributed by atoms with E-state index in [1.54, 1.807) is 16.8 Å². The number of nitrogens with one attached hydrogen (secondary N) is 1. The molecular weight excluding hydrogens is 264 g/mol. The SMILES string of the molecule is CCNc1ncnc(N2CCN(C)C(=O)C2)c1[N+](=O)[O-]. The standard InChI is InChI=1S/C11H16N6O3/c1-3-12-10-9(17(19)20)11(14-7-13-10)16-5-4-15(2)8(18)6-16/h7H,3-6H2,1-2H3,(H,12,13,14). The van der Waals surface area contributed by atoms with Gasteiger partial charge in [-0.1, -0.05) is 0 Å². The first-order valence-corrected chi connectivity index (χ1v) is 6.26. The number of rotatable bonds is 4. The van der Waals surface area contributed by atoms with Crippen LogP contribution in [0.5, 0.6) is 0 Å². The van der Waals surface area contributed by atoms with Gasteiger partial charge in [-0.3, -0.25) is 14.9 Å². The molecule has 1 fully saturated rings. The number of carbonyl (C=O) groups is 1. The number of carbonyl (C=O) groups excluding carboxylic acids is 1. The van der Waals surface area contributed by atoms with Gasteiger partial charge in [0.1, 0.15) is 6.33 Å². The van der Waals surface area contributed by atoms with Gasteiger partial charge < -0.3 is 15.1 Å². The first-order chi connectivity index (χ1) is 9.54. The lowest BCUT2D eigenvalue weighted by Crippen LogP contribution is -2.49. The Bertz CT molecular complexity index is 535. The molecular formula is C11H16N6O3. The highest BCUT2D eigenvalue weighted by Gasteiger charge is 2.30. The fourth-order valence-corrected chi connectivity index (χ4v) is 2.01. The van der Waals surface area contributed by atoms with E-state index in [-0.39, 0.29) is 29.8 Å². The molecule has 1 aromatic rings. The Labute approximate surface area is 115 Å². The van der Waals surface area contributed by atoms with Crippen LogP contribution in [0, 0.1) is 10.1 Å². The molecule has 9 nitrogen and oxygen atoms in total. The molecule has 0 spiro atoms. The van der Waals surface area contributed by atoms with Gasteiger partial charge in [0.2, 0.25) is 17.5 Å². The third-order valence-corrected chi connectivity index (χ3v) is 3.09. The van der Waals surface area contributed by atoms with E-state index in [0.717, 1.165) is 0 Å². The van der Waals surface area contributed by atoms with Crippen molar-refractivity contribution >= 4 is 23.2 Å². The summed E-state index contributed by atoms with van der Waals surface area (Å²) in [4.78, 5) is 33.6. The number of piperazine rings is 1. The van der Waals surface area contributed by atoms with Gasteiger partial charge >= 0.3 is 5.69 Å². The zero-order valence-electron chi connectivity index (χ0n) is 11.4. The molecule has 0 atom stereocenters. The molecule has 20 heavy (non-hydrogen) atoms. The topological polar surface area (TPSA) is 104 Å². The second-order valence-electron chi connectivity index (χ2n) is 4.42. The van der Waals surface area contributed by atoms with Crippen LogP contribution in [0.25, 0.3) is 0 Å². The van der Waals surface area contributed by atoms with Crippen molar-refractivity contribution in [3.63, 3.8) is 0 Å². The largest absolute Gasteiger partial charge is 0.364 e. The quantitative estimate of drug-likeness (QED) is 0.615. The molecule has 108 valence electrons. The van der Waals surface area contributed by atoms with Crippen molar-refractivity contribution in [2.24, 2.45) is 0 Å². The van der Waals surface area contributed by atoms with Crippen molar-refractivity contribution in [2.45, 2.75) is 6.92 Å². The Balaban J connectivity index is 2.38. The summed E-state index contributed by atoms with van der Waals surface area (Å²) in [6.07, 6.45) is 1.27. The van der Waals surface area contributed by atoms with Crippen LogP contribution in [0.3, 0.4) is 0 Å². The van der Waals surface area contributed by atoms with Crippen LogP contribution in [-0.4, -0.2) is 58.9 Å². The predicted molar refractivity (Wildman–Crippen MR) is 72.7 cm³/mol. The Morgan fingerprint density at radius 2 is 2.20 bits per heavy atom. The summed E-state index contributed by atoms with van der Waals surface area (Å²) in [6.45, 7) is 3.44. The van der Waals surface area contributed by atoms with E-state index in [4.69, 9.17) is 0 Å². The van der Waals surface area contributed by atoms with Gasteiger partial charge in [0.15, 0.2) is 0 Å². The number of aromatic nitrogens is 2. The molecule has 9 heteroatoms. The fourth-order valence-electron chi connectivity index (χ4n) is 2.01. The zero-order valence-corrected chi connectivity index (χ0v) is 11.4. The van der Waals surface area contributed by atoms with E-state index in [0.29, 0.717) is 19.6 Å². The van der Waals surface area contributed by atoms with E-state index in [1.165, 1.54) is 6.33 Å². The van der Waals surface area contributed by atoms with Crippen LogP contribution < -0.4 is 10.2 Å².